The third-order valence-electron chi connectivity index (χ3n) is 4.42. The van der Waals surface area contributed by atoms with E-state index < -0.39 is 0 Å². The molecule has 2 atom stereocenters. The summed E-state index contributed by atoms with van der Waals surface area (Å²) < 4.78 is 5.72. The smallest absolute Gasteiger partial charge is 0.0576 e. The van der Waals surface area contributed by atoms with Crippen molar-refractivity contribution in [3.63, 3.8) is 0 Å². The second-order valence-electron chi connectivity index (χ2n) is 5.57. The number of hydrogen-bond acceptors (Lipinski definition) is 2. The summed E-state index contributed by atoms with van der Waals surface area (Å²) >= 11 is 0. The maximum absolute atomic E-state index is 5.72. The molecule has 1 aliphatic heterocycles. The fourth-order valence-corrected chi connectivity index (χ4v) is 3.47. The number of nitrogens with one attached hydrogen (secondary N) is 1. The Labute approximate surface area is 100 Å². The molecule has 2 heteroatoms. The van der Waals surface area contributed by atoms with E-state index in [-0.39, 0.29) is 0 Å². The van der Waals surface area contributed by atoms with Crippen LogP contribution in [0.25, 0.3) is 0 Å². The van der Waals surface area contributed by atoms with Crippen molar-refractivity contribution >= 4 is 0 Å². The summed E-state index contributed by atoms with van der Waals surface area (Å²) in [7, 11) is 2.09. The van der Waals surface area contributed by atoms with Crippen molar-refractivity contribution < 1.29 is 4.74 Å². The van der Waals surface area contributed by atoms with Crippen molar-refractivity contribution in [2.45, 2.75) is 57.5 Å². The second-order valence-corrected chi connectivity index (χ2v) is 5.57. The standard InChI is InChI=1S/C14H27NO/c1-15-11-13(12-5-2-3-6-12)8-9-14-7-4-10-16-14/h12-15H,2-11H2,1H3. The van der Waals surface area contributed by atoms with Crippen molar-refractivity contribution in [2.24, 2.45) is 11.8 Å². The van der Waals surface area contributed by atoms with E-state index in [2.05, 4.69) is 12.4 Å². The minimum absolute atomic E-state index is 0.584. The lowest BCUT2D eigenvalue weighted by molar-refractivity contribution is 0.0945. The molecule has 2 nitrogen and oxygen atoms in total. The Morgan fingerprint density at radius 3 is 2.62 bits per heavy atom. The summed E-state index contributed by atoms with van der Waals surface area (Å²) in [5, 5.41) is 3.38. The molecule has 2 rings (SSSR count). The third kappa shape index (κ3) is 3.46. The van der Waals surface area contributed by atoms with Crippen molar-refractivity contribution in [3.05, 3.63) is 0 Å². The van der Waals surface area contributed by atoms with Gasteiger partial charge in [-0.2, -0.15) is 0 Å². The van der Waals surface area contributed by atoms with Crippen LogP contribution in [0.4, 0.5) is 0 Å². The molecule has 1 aliphatic carbocycles. The van der Waals surface area contributed by atoms with Gasteiger partial charge in [0.1, 0.15) is 0 Å². The largest absolute Gasteiger partial charge is 0.378 e. The number of hydrogen-bond donors (Lipinski definition) is 1. The van der Waals surface area contributed by atoms with Crippen LogP contribution in [0.1, 0.15) is 51.4 Å². The maximum atomic E-state index is 5.72. The molecule has 16 heavy (non-hydrogen) atoms. The molecule has 1 heterocycles. The van der Waals surface area contributed by atoms with E-state index in [1.165, 1.54) is 57.9 Å². The van der Waals surface area contributed by atoms with Gasteiger partial charge in [-0.1, -0.05) is 25.7 Å². The molecule has 0 aromatic heterocycles. The van der Waals surface area contributed by atoms with Crippen molar-refractivity contribution in [1.29, 1.82) is 0 Å². The zero-order valence-electron chi connectivity index (χ0n) is 10.7. The Hall–Kier alpha value is -0.0800. The molecule has 2 unspecified atom stereocenters. The topological polar surface area (TPSA) is 21.3 Å². The van der Waals surface area contributed by atoms with Crippen LogP contribution in [0.3, 0.4) is 0 Å². The molecule has 2 aliphatic rings. The van der Waals surface area contributed by atoms with E-state index in [1.807, 2.05) is 0 Å². The first-order valence-corrected chi connectivity index (χ1v) is 7.16. The quantitative estimate of drug-likeness (QED) is 0.750. The molecule has 0 radical (unpaired) electrons. The predicted octanol–water partition coefficient (Wildman–Crippen LogP) is 2.97. The Bertz CT molecular complexity index is 183. The van der Waals surface area contributed by atoms with Crippen LogP contribution in [-0.4, -0.2) is 26.3 Å². The van der Waals surface area contributed by atoms with Crippen LogP contribution >= 0.6 is 0 Å². The van der Waals surface area contributed by atoms with Crippen LogP contribution in [0.15, 0.2) is 0 Å². The van der Waals surface area contributed by atoms with Gasteiger partial charge in [0.2, 0.25) is 0 Å². The lowest BCUT2D eigenvalue weighted by Gasteiger charge is -2.24. The molecule has 94 valence electrons. The average molecular weight is 225 g/mol. The van der Waals surface area contributed by atoms with Crippen molar-refractivity contribution in [2.75, 3.05) is 20.2 Å². The Balaban J connectivity index is 1.72. The highest BCUT2D eigenvalue weighted by atomic mass is 16.5. The number of ether oxygens (including phenoxy) is 1. The zero-order valence-corrected chi connectivity index (χ0v) is 10.7. The lowest BCUT2D eigenvalue weighted by atomic mass is 9.86. The highest BCUT2D eigenvalue weighted by Crippen LogP contribution is 2.34. The SMILES string of the molecule is CNCC(CCC1CCCO1)C1CCCC1. The molecule has 0 bridgehead atoms. The van der Waals surface area contributed by atoms with Gasteiger partial charge in [0.05, 0.1) is 6.10 Å². The third-order valence-corrected chi connectivity index (χ3v) is 4.42. The first-order valence-electron chi connectivity index (χ1n) is 7.16. The van der Waals surface area contributed by atoms with Crippen LogP contribution in [0, 0.1) is 11.8 Å². The van der Waals surface area contributed by atoms with Gasteiger partial charge in [0.25, 0.3) is 0 Å². The molecule has 0 aromatic rings. The summed E-state index contributed by atoms with van der Waals surface area (Å²) in [6.07, 6.45) is 11.7. The fourth-order valence-electron chi connectivity index (χ4n) is 3.47. The van der Waals surface area contributed by atoms with Gasteiger partial charge >= 0.3 is 0 Å². The van der Waals surface area contributed by atoms with E-state index >= 15 is 0 Å². The normalized spacial score (nSPS) is 28.7. The van der Waals surface area contributed by atoms with E-state index in [0.717, 1.165) is 18.4 Å². The van der Waals surface area contributed by atoms with E-state index in [9.17, 15) is 0 Å². The monoisotopic (exact) mass is 225 g/mol. The molecule has 1 N–H and O–H groups in total. The maximum Gasteiger partial charge on any atom is 0.0576 e. The average Bonchev–Trinajstić information content (AvgIpc) is 2.96. The summed E-state index contributed by atoms with van der Waals surface area (Å²) in [6, 6.07) is 0. The molecule has 2 fully saturated rings. The number of rotatable bonds is 6. The van der Waals surface area contributed by atoms with Gasteiger partial charge < -0.3 is 10.1 Å². The van der Waals surface area contributed by atoms with Gasteiger partial charge in [-0.25, -0.2) is 0 Å². The molecule has 0 aromatic carbocycles. The Morgan fingerprint density at radius 2 is 2.00 bits per heavy atom. The highest BCUT2D eigenvalue weighted by molar-refractivity contribution is 4.78. The van der Waals surface area contributed by atoms with Gasteiger partial charge in [-0.05, 0) is 51.1 Å². The highest BCUT2D eigenvalue weighted by Gasteiger charge is 2.26. The molecular weight excluding hydrogens is 198 g/mol. The lowest BCUT2D eigenvalue weighted by Crippen LogP contribution is -2.25. The molecule has 1 saturated heterocycles. The molecule has 1 saturated carbocycles. The van der Waals surface area contributed by atoms with Crippen molar-refractivity contribution in [1.82, 2.24) is 5.32 Å². The van der Waals surface area contributed by atoms with Gasteiger partial charge in [-0.15, -0.1) is 0 Å². The van der Waals surface area contributed by atoms with Crippen LogP contribution in [0.2, 0.25) is 0 Å². The van der Waals surface area contributed by atoms with E-state index in [0.29, 0.717) is 6.10 Å². The molecule has 0 spiro atoms. The minimum atomic E-state index is 0.584. The first-order chi connectivity index (χ1) is 7.90. The van der Waals surface area contributed by atoms with E-state index in [4.69, 9.17) is 4.74 Å². The zero-order chi connectivity index (χ0) is 11.2. The molecular formula is C14H27NO. The van der Waals surface area contributed by atoms with Crippen LogP contribution in [-0.2, 0) is 4.74 Å². The predicted molar refractivity (Wildman–Crippen MR) is 67.6 cm³/mol. The summed E-state index contributed by atoms with van der Waals surface area (Å²) in [4.78, 5) is 0. The van der Waals surface area contributed by atoms with Gasteiger partial charge in [0, 0.05) is 6.61 Å². The fraction of sp³-hybridized carbons (Fsp3) is 1.00. The summed E-state index contributed by atoms with van der Waals surface area (Å²) in [5.41, 5.74) is 0. The van der Waals surface area contributed by atoms with Crippen LogP contribution in [0.5, 0.6) is 0 Å². The minimum Gasteiger partial charge on any atom is -0.378 e. The van der Waals surface area contributed by atoms with Gasteiger partial charge in [0.15, 0.2) is 0 Å². The Morgan fingerprint density at radius 1 is 1.19 bits per heavy atom. The van der Waals surface area contributed by atoms with Crippen LogP contribution < -0.4 is 5.32 Å². The van der Waals surface area contributed by atoms with E-state index in [1.54, 1.807) is 0 Å². The second kappa shape index (κ2) is 6.61. The summed E-state index contributed by atoms with van der Waals surface area (Å²) in [5.74, 6) is 1.89. The summed E-state index contributed by atoms with van der Waals surface area (Å²) in [6.45, 7) is 2.21. The Kier molecular flexibility index (Phi) is 5.11. The van der Waals surface area contributed by atoms with Crippen molar-refractivity contribution in [3.8, 4) is 0 Å². The molecule has 0 amide bonds. The van der Waals surface area contributed by atoms with Gasteiger partial charge in [-0.3, -0.25) is 0 Å². The first kappa shape index (κ1) is 12.4.